The van der Waals surface area contributed by atoms with Crippen molar-refractivity contribution in [2.24, 2.45) is 0 Å². The molecule has 0 aromatic heterocycles. The Morgan fingerprint density at radius 3 is 2.75 bits per heavy atom. The van der Waals surface area contributed by atoms with E-state index in [2.05, 4.69) is 26.6 Å². The van der Waals surface area contributed by atoms with E-state index in [1.807, 2.05) is 55.5 Å². The number of amides is 2. The highest BCUT2D eigenvalue weighted by Gasteiger charge is 2.34. The van der Waals surface area contributed by atoms with E-state index in [0.29, 0.717) is 16.6 Å². The number of carbonyl (C=O) groups excluding carboxylic acids is 2. The van der Waals surface area contributed by atoms with Gasteiger partial charge >= 0.3 is 0 Å². The number of nitrogens with zero attached hydrogens (tertiary/aromatic N) is 1. The number of hydrogen-bond acceptors (Lipinski definition) is 4. The number of anilines is 1. The van der Waals surface area contributed by atoms with Gasteiger partial charge in [0.15, 0.2) is 5.11 Å². The van der Waals surface area contributed by atoms with E-state index in [-0.39, 0.29) is 17.7 Å². The summed E-state index contributed by atoms with van der Waals surface area (Å²) in [6.07, 6.45) is 1.73. The number of aryl methyl sites for hydroxylation is 1. The summed E-state index contributed by atoms with van der Waals surface area (Å²) in [5, 5.41) is 6.33. The first-order valence-electron chi connectivity index (χ1n) is 8.55. The van der Waals surface area contributed by atoms with Gasteiger partial charge in [-0.2, -0.15) is 0 Å². The Kier molecular flexibility index (Phi) is 6.88. The summed E-state index contributed by atoms with van der Waals surface area (Å²) in [7, 11) is 0. The summed E-state index contributed by atoms with van der Waals surface area (Å²) >= 11 is 9.64. The first-order chi connectivity index (χ1) is 13.4. The normalized spacial score (nSPS) is 15.2. The van der Waals surface area contributed by atoms with Crippen LogP contribution in [0.25, 0.3) is 6.08 Å². The van der Waals surface area contributed by atoms with Crippen LogP contribution in [0.5, 0.6) is 0 Å². The van der Waals surface area contributed by atoms with Gasteiger partial charge in [-0.1, -0.05) is 46.3 Å². The van der Waals surface area contributed by atoms with Crippen LogP contribution < -0.4 is 10.6 Å². The predicted octanol–water partition coefficient (Wildman–Crippen LogP) is 4.78. The maximum absolute atomic E-state index is 12.5. The zero-order valence-electron chi connectivity index (χ0n) is 15.1. The lowest BCUT2D eigenvalue weighted by molar-refractivity contribution is -0.122. The predicted molar refractivity (Wildman–Crippen MR) is 122 cm³/mol. The van der Waals surface area contributed by atoms with Gasteiger partial charge in [0.2, 0.25) is 0 Å². The van der Waals surface area contributed by atoms with Crippen LogP contribution in [0.4, 0.5) is 10.5 Å². The van der Waals surface area contributed by atoms with Crippen LogP contribution in [0.2, 0.25) is 0 Å². The summed E-state index contributed by atoms with van der Waals surface area (Å²) in [6, 6.07) is 15.4. The van der Waals surface area contributed by atoms with E-state index >= 15 is 0 Å². The molecule has 1 saturated heterocycles. The lowest BCUT2D eigenvalue weighted by Crippen LogP contribution is -2.38. The average molecular weight is 476 g/mol. The Hall–Kier alpha value is -2.16. The van der Waals surface area contributed by atoms with Gasteiger partial charge in [-0.05, 0) is 66.3 Å². The van der Waals surface area contributed by atoms with E-state index in [4.69, 9.17) is 12.2 Å². The molecule has 0 atom stereocenters. The monoisotopic (exact) mass is 475 g/mol. The number of thiocarbonyl (C=S) groups is 1. The number of carbonyl (C=O) groups is 2. The molecule has 2 aromatic carbocycles. The lowest BCUT2D eigenvalue weighted by Gasteiger charge is -2.15. The number of rotatable bonds is 5. The van der Waals surface area contributed by atoms with E-state index < -0.39 is 0 Å². The maximum Gasteiger partial charge on any atom is 0.293 e. The molecule has 2 N–H and O–H groups in total. The van der Waals surface area contributed by atoms with Gasteiger partial charge in [-0.15, -0.1) is 0 Å². The molecule has 2 amide bonds. The highest BCUT2D eigenvalue weighted by Crippen LogP contribution is 2.32. The van der Waals surface area contributed by atoms with Crippen molar-refractivity contribution in [3.63, 3.8) is 0 Å². The van der Waals surface area contributed by atoms with Gasteiger partial charge < -0.3 is 10.6 Å². The van der Waals surface area contributed by atoms with Crippen LogP contribution in [0, 0.1) is 6.92 Å². The van der Waals surface area contributed by atoms with E-state index in [1.54, 1.807) is 6.08 Å². The third-order valence-electron chi connectivity index (χ3n) is 4.03. The SMILES string of the molecule is Cc1ccccc1NC(=S)NCCN1C(=O)S/C(=C\c2cccc(Br)c2)C1=O. The summed E-state index contributed by atoms with van der Waals surface area (Å²) < 4.78 is 0.916. The molecule has 28 heavy (non-hydrogen) atoms. The summed E-state index contributed by atoms with van der Waals surface area (Å²) in [5.74, 6) is -0.283. The lowest BCUT2D eigenvalue weighted by atomic mass is 10.2. The topological polar surface area (TPSA) is 61.4 Å². The number of benzene rings is 2. The van der Waals surface area contributed by atoms with Gasteiger partial charge in [0.25, 0.3) is 11.1 Å². The summed E-state index contributed by atoms with van der Waals surface area (Å²) in [5.41, 5.74) is 2.86. The largest absolute Gasteiger partial charge is 0.361 e. The summed E-state index contributed by atoms with van der Waals surface area (Å²) in [4.78, 5) is 26.4. The molecule has 144 valence electrons. The second kappa shape index (κ2) is 9.36. The maximum atomic E-state index is 12.5. The van der Waals surface area contributed by atoms with Crippen molar-refractivity contribution in [3.8, 4) is 0 Å². The Balaban J connectivity index is 1.55. The van der Waals surface area contributed by atoms with E-state index in [9.17, 15) is 9.59 Å². The minimum Gasteiger partial charge on any atom is -0.361 e. The van der Waals surface area contributed by atoms with E-state index in [1.165, 1.54) is 4.90 Å². The molecule has 1 aliphatic heterocycles. The summed E-state index contributed by atoms with van der Waals surface area (Å²) in [6.45, 7) is 2.61. The third kappa shape index (κ3) is 5.21. The zero-order valence-corrected chi connectivity index (χ0v) is 18.3. The molecule has 8 heteroatoms. The molecule has 0 aliphatic carbocycles. The number of hydrogen-bond donors (Lipinski definition) is 2. The van der Waals surface area contributed by atoms with Gasteiger partial charge in [0.1, 0.15) is 0 Å². The van der Waals surface area contributed by atoms with Gasteiger partial charge in [0, 0.05) is 23.2 Å². The number of halogens is 1. The highest BCUT2D eigenvalue weighted by atomic mass is 79.9. The number of nitrogens with one attached hydrogen (secondary N) is 2. The molecule has 0 unspecified atom stereocenters. The fourth-order valence-electron chi connectivity index (χ4n) is 2.60. The molecule has 5 nitrogen and oxygen atoms in total. The Labute approximate surface area is 181 Å². The molecule has 1 fully saturated rings. The second-order valence-corrected chi connectivity index (χ2v) is 8.40. The fourth-order valence-corrected chi connectivity index (χ4v) is 4.10. The smallest absolute Gasteiger partial charge is 0.293 e. The van der Waals surface area contributed by atoms with Gasteiger partial charge in [0.05, 0.1) is 4.91 Å². The third-order valence-corrected chi connectivity index (χ3v) is 5.68. The quantitative estimate of drug-likeness (QED) is 0.479. The number of para-hydroxylation sites is 1. The molecule has 3 rings (SSSR count). The van der Waals surface area contributed by atoms with Crippen molar-refractivity contribution in [1.29, 1.82) is 0 Å². The molecule has 2 aromatic rings. The van der Waals surface area contributed by atoms with Crippen LogP contribution >= 0.6 is 39.9 Å². The highest BCUT2D eigenvalue weighted by molar-refractivity contribution is 9.10. The molecule has 0 saturated carbocycles. The number of thioether (sulfide) groups is 1. The van der Waals surface area contributed by atoms with Crippen LogP contribution in [0.1, 0.15) is 11.1 Å². The van der Waals surface area contributed by atoms with Crippen LogP contribution in [0.3, 0.4) is 0 Å². The standard InChI is InChI=1S/C20H18BrN3O2S2/c1-13-5-2-3-8-16(13)23-19(27)22-9-10-24-18(25)17(28-20(24)26)12-14-6-4-7-15(21)11-14/h2-8,11-12H,9-10H2,1H3,(H2,22,23,27)/b17-12-. The van der Waals surface area contributed by atoms with E-state index in [0.717, 1.165) is 33.0 Å². The average Bonchev–Trinajstić information content (AvgIpc) is 2.91. The molecule has 0 spiro atoms. The number of imide groups is 1. The first kappa shape index (κ1) is 20.6. The van der Waals surface area contributed by atoms with Crippen molar-refractivity contribution < 1.29 is 9.59 Å². The minimum atomic E-state index is -0.283. The Morgan fingerprint density at radius 1 is 1.21 bits per heavy atom. The fraction of sp³-hybridized carbons (Fsp3) is 0.150. The van der Waals surface area contributed by atoms with Gasteiger partial charge in [-0.3, -0.25) is 14.5 Å². The van der Waals surface area contributed by atoms with Crippen molar-refractivity contribution in [2.75, 3.05) is 18.4 Å². The molecule has 0 radical (unpaired) electrons. The molecular weight excluding hydrogens is 458 g/mol. The van der Waals surface area contributed by atoms with Crippen LogP contribution in [0.15, 0.2) is 57.9 Å². The molecule has 0 bridgehead atoms. The molecular formula is C20H18BrN3O2S2. The Morgan fingerprint density at radius 2 is 2.00 bits per heavy atom. The van der Waals surface area contributed by atoms with Crippen molar-refractivity contribution in [1.82, 2.24) is 10.2 Å². The minimum absolute atomic E-state index is 0.246. The van der Waals surface area contributed by atoms with Gasteiger partial charge in [-0.25, -0.2) is 0 Å². The second-order valence-electron chi connectivity index (χ2n) is 6.08. The zero-order chi connectivity index (χ0) is 20.1. The van der Waals surface area contributed by atoms with Crippen molar-refractivity contribution in [2.45, 2.75) is 6.92 Å². The van der Waals surface area contributed by atoms with Crippen LogP contribution in [-0.4, -0.2) is 34.2 Å². The molecule has 1 heterocycles. The van der Waals surface area contributed by atoms with Crippen molar-refractivity contribution >= 4 is 67.9 Å². The van der Waals surface area contributed by atoms with Crippen molar-refractivity contribution in [3.05, 3.63) is 69.0 Å². The molecule has 1 aliphatic rings. The first-order valence-corrected chi connectivity index (χ1v) is 10.6. The van der Waals surface area contributed by atoms with Crippen LogP contribution in [-0.2, 0) is 4.79 Å². The Bertz CT molecular complexity index is 962.